The maximum atomic E-state index is 10.2. The summed E-state index contributed by atoms with van der Waals surface area (Å²) in [6, 6.07) is 7.48. The van der Waals surface area contributed by atoms with Crippen LogP contribution in [-0.2, 0) is 9.47 Å². The first-order valence-corrected chi connectivity index (χ1v) is 6.41. The highest BCUT2D eigenvalue weighted by molar-refractivity contribution is 5.29. The van der Waals surface area contributed by atoms with E-state index in [9.17, 15) is 5.11 Å². The Balaban J connectivity index is 1.95. The molecule has 0 bridgehead atoms. The molecule has 0 aromatic heterocycles. The monoisotopic (exact) mass is 252 g/mol. The Kier molecular flexibility index (Phi) is 4.99. The predicted octanol–water partition coefficient (Wildman–Crippen LogP) is 1.92. The maximum Gasteiger partial charge on any atom is 0.119 e. The zero-order valence-electron chi connectivity index (χ0n) is 10.7. The average molecular weight is 252 g/mol. The van der Waals surface area contributed by atoms with Gasteiger partial charge < -0.3 is 19.3 Å². The molecule has 1 heterocycles. The molecule has 1 saturated heterocycles. The molecule has 4 heteroatoms. The minimum absolute atomic E-state index is 0.277. The highest BCUT2D eigenvalue weighted by Gasteiger charge is 2.24. The molecule has 100 valence electrons. The maximum absolute atomic E-state index is 10.2. The van der Waals surface area contributed by atoms with Crippen molar-refractivity contribution >= 4 is 0 Å². The van der Waals surface area contributed by atoms with Crippen molar-refractivity contribution in [3.63, 3.8) is 0 Å². The Labute approximate surface area is 107 Å². The van der Waals surface area contributed by atoms with Crippen LogP contribution in [0.25, 0.3) is 0 Å². The SMILES string of the molecule is CCCOc1ccc(C(O)C2COCCO2)cc1. The molecule has 1 N–H and O–H groups in total. The van der Waals surface area contributed by atoms with E-state index in [0.717, 1.165) is 17.7 Å². The van der Waals surface area contributed by atoms with Gasteiger partial charge in [-0.3, -0.25) is 0 Å². The number of benzene rings is 1. The highest BCUT2D eigenvalue weighted by Crippen LogP contribution is 2.23. The third kappa shape index (κ3) is 3.45. The van der Waals surface area contributed by atoms with Crippen LogP contribution >= 0.6 is 0 Å². The van der Waals surface area contributed by atoms with Gasteiger partial charge in [0.25, 0.3) is 0 Å². The molecular weight excluding hydrogens is 232 g/mol. The lowest BCUT2D eigenvalue weighted by atomic mass is 10.0. The molecule has 1 aromatic rings. The summed E-state index contributed by atoms with van der Waals surface area (Å²) >= 11 is 0. The number of ether oxygens (including phenoxy) is 3. The molecule has 18 heavy (non-hydrogen) atoms. The van der Waals surface area contributed by atoms with Gasteiger partial charge in [-0.05, 0) is 24.1 Å². The van der Waals surface area contributed by atoms with Gasteiger partial charge in [-0.15, -0.1) is 0 Å². The fourth-order valence-corrected chi connectivity index (χ4v) is 1.88. The van der Waals surface area contributed by atoms with Gasteiger partial charge in [-0.2, -0.15) is 0 Å². The Morgan fingerprint density at radius 3 is 2.72 bits per heavy atom. The highest BCUT2D eigenvalue weighted by atomic mass is 16.6. The van der Waals surface area contributed by atoms with Gasteiger partial charge >= 0.3 is 0 Å². The van der Waals surface area contributed by atoms with Crippen LogP contribution in [0.2, 0.25) is 0 Å². The van der Waals surface area contributed by atoms with Crippen LogP contribution in [0, 0.1) is 0 Å². The molecule has 4 nitrogen and oxygen atoms in total. The van der Waals surface area contributed by atoms with E-state index in [1.807, 2.05) is 24.3 Å². The van der Waals surface area contributed by atoms with Crippen molar-refractivity contribution in [1.29, 1.82) is 0 Å². The summed E-state index contributed by atoms with van der Waals surface area (Å²) < 4.78 is 16.3. The van der Waals surface area contributed by atoms with E-state index >= 15 is 0 Å². The zero-order chi connectivity index (χ0) is 12.8. The summed E-state index contributed by atoms with van der Waals surface area (Å²) in [6.07, 6.45) is 0.0594. The van der Waals surface area contributed by atoms with Crippen molar-refractivity contribution in [2.24, 2.45) is 0 Å². The lowest BCUT2D eigenvalue weighted by Gasteiger charge is -2.27. The van der Waals surface area contributed by atoms with Crippen LogP contribution in [0.3, 0.4) is 0 Å². The van der Waals surface area contributed by atoms with Crippen LogP contribution in [0.1, 0.15) is 25.0 Å². The molecule has 1 aromatic carbocycles. The van der Waals surface area contributed by atoms with Gasteiger partial charge in [-0.1, -0.05) is 19.1 Å². The Morgan fingerprint density at radius 1 is 1.33 bits per heavy atom. The first kappa shape index (κ1) is 13.3. The average Bonchev–Trinajstić information content (AvgIpc) is 2.46. The van der Waals surface area contributed by atoms with Gasteiger partial charge in [0.2, 0.25) is 0 Å². The smallest absolute Gasteiger partial charge is 0.119 e. The number of aliphatic hydroxyl groups is 1. The van der Waals surface area contributed by atoms with Crippen molar-refractivity contribution in [3.8, 4) is 5.75 Å². The molecule has 2 rings (SSSR count). The first-order valence-electron chi connectivity index (χ1n) is 6.41. The zero-order valence-corrected chi connectivity index (χ0v) is 10.7. The predicted molar refractivity (Wildman–Crippen MR) is 67.7 cm³/mol. The number of hydrogen-bond acceptors (Lipinski definition) is 4. The fraction of sp³-hybridized carbons (Fsp3) is 0.571. The second-order valence-electron chi connectivity index (χ2n) is 4.35. The van der Waals surface area contributed by atoms with E-state index in [4.69, 9.17) is 14.2 Å². The molecule has 1 aliphatic heterocycles. The fourth-order valence-electron chi connectivity index (χ4n) is 1.88. The molecule has 2 unspecified atom stereocenters. The lowest BCUT2D eigenvalue weighted by Crippen LogP contribution is -2.33. The molecule has 0 aliphatic carbocycles. The second-order valence-corrected chi connectivity index (χ2v) is 4.35. The molecule has 1 fully saturated rings. The van der Waals surface area contributed by atoms with Crippen molar-refractivity contribution in [3.05, 3.63) is 29.8 Å². The number of rotatable bonds is 5. The van der Waals surface area contributed by atoms with Crippen molar-refractivity contribution in [1.82, 2.24) is 0 Å². The van der Waals surface area contributed by atoms with E-state index in [2.05, 4.69) is 6.92 Å². The largest absolute Gasteiger partial charge is 0.494 e. The van der Waals surface area contributed by atoms with E-state index < -0.39 is 6.10 Å². The topological polar surface area (TPSA) is 47.9 Å². The molecule has 0 radical (unpaired) electrons. The van der Waals surface area contributed by atoms with Crippen molar-refractivity contribution in [2.75, 3.05) is 26.4 Å². The van der Waals surface area contributed by atoms with Crippen LogP contribution in [0.5, 0.6) is 5.75 Å². The van der Waals surface area contributed by atoms with Crippen LogP contribution in [0.4, 0.5) is 0 Å². The Bertz CT molecular complexity index is 343. The van der Waals surface area contributed by atoms with Crippen molar-refractivity contribution in [2.45, 2.75) is 25.6 Å². The van der Waals surface area contributed by atoms with Gasteiger partial charge in [0, 0.05) is 0 Å². The quantitative estimate of drug-likeness (QED) is 0.869. The lowest BCUT2D eigenvalue weighted by molar-refractivity contribution is -0.133. The summed E-state index contributed by atoms with van der Waals surface area (Å²) in [7, 11) is 0. The summed E-state index contributed by atoms with van der Waals surface area (Å²) in [4.78, 5) is 0. The van der Waals surface area contributed by atoms with E-state index in [1.165, 1.54) is 0 Å². The van der Waals surface area contributed by atoms with Gasteiger partial charge in [0.1, 0.15) is 18.0 Å². The second kappa shape index (κ2) is 6.73. The summed E-state index contributed by atoms with van der Waals surface area (Å²) in [5.74, 6) is 0.827. The molecule has 0 spiro atoms. The van der Waals surface area contributed by atoms with Gasteiger partial charge in [-0.25, -0.2) is 0 Å². The first-order chi connectivity index (χ1) is 8.81. The number of aliphatic hydroxyl groups excluding tert-OH is 1. The van der Waals surface area contributed by atoms with Gasteiger partial charge in [0.15, 0.2) is 0 Å². The molecule has 0 amide bonds. The normalized spacial score (nSPS) is 21.6. The number of hydrogen-bond donors (Lipinski definition) is 1. The van der Waals surface area contributed by atoms with Crippen molar-refractivity contribution < 1.29 is 19.3 Å². The molecule has 2 atom stereocenters. The Hall–Kier alpha value is -1.10. The molecule has 0 saturated carbocycles. The van der Waals surface area contributed by atoms with Crippen LogP contribution in [-0.4, -0.2) is 37.6 Å². The summed E-state index contributed by atoms with van der Waals surface area (Å²) in [5.41, 5.74) is 0.828. The third-order valence-electron chi connectivity index (χ3n) is 2.89. The third-order valence-corrected chi connectivity index (χ3v) is 2.89. The minimum atomic E-state index is -0.648. The summed E-state index contributed by atoms with van der Waals surface area (Å²) in [5, 5.41) is 10.2. The van der Waals surface area contributed by atoms with Crippen LogP contribution < -0.4 is 4.74 Å². The van der Waals surface area contributed by atoms with E-state index in [1.54, 1.807) is 0 Å². The van der Waals surface area contributed by atoms with E-state index in [-0.39, 0.29) is 6.10 Å². The standard InChI is InChI=1S/C14H20O4/c1-2-7-17-12-5-3-11(4-6-12)14(15)13-10-16-8-9-18-13/h3-6,13-15H,2,7-10H2,1H3. The summed E-state index contributed by atoms with van der Waals surface area (Å²) in [6.45, 7) is 4.36. The molecular formula is C14H20O4. The van der Waals surface area contributed by atoms with Gasteiger partial charge in [0.05, 0.1) is 26.4 Å². The molecule has 1 aliphatic rings. The Morgan fingerprint density at radius 2 is 2.11 bits per heavy atom. The minimum Gasteiger partial charge on any atom is -0.494 e. The van der Waals surface area contributed by atoms with E-state index in [0.29, 0.717) is 26.4 Å². The van der Waals surface area contributed by atoms with Crippen LogP contribution in [0.15, 0.2) is 24.3 Å².